The van der Waals surface area contributed by atoms with Crippen LogP contribution in [0, 0.1) is 0 Å². The molecule has 0 aliphatic carbocycles. The number of hydrogen-bond donors (Lipinski definition) is 0. The topological polar surface area (TPSA) is 48.0 Å². The molecule has 0 radical (unpaired) electrons. The van der Waals surface area contributed by atoms with Crippen LogP contribution in [0.25, 0.3) is 0 Å². The van der Waals surface area contributed by atoms with Gasteiger partial charge in [0.1, 0.15) is 17.1 Å². The van der Waals surface area contributed by atoms with Crippen molar-refractivity contribution < 1.29 is 19.0 Å². The van der Waals surface area contributed by atoms with Crippen LogP contribution in [0.1, 0.15) is 32.3 Å². The lowest BCUT2D eigenvalue weighted by atomic mass is 9.91. The molecule has 2 rings (SSSR count). The molecule has 1 amide bonds. The fourth-order valence-electron chi connectivity index (χ4n) is 2.23. The highest BCUT2D eigenvalue weighted by molar-refractivity contribution is 5.69. The number of carbonyl (C=O) groups is 1. The molecule has 1 aromatic rings. The maximum Gasteiger partial charge on any atom is 0.410 e. The first-order chi connectivity index (χ1) is 9.82. The van der Waals surface area contributed by atoms with Gasteiger partial charge < -0.3 is 19.1 Å². The lowest BCUT2D eigenvalue weighted by Crippen LogP contribution is -2.50. The van der Waals surface area contributed by atoms with Gasteiger partial charge in [-0.1, -0.05) is 0 Å². The monoisotopic (exact) mass is 293 g/mol. The summed E-state index contributed by atoms with van der Waals surface area (Å²) in [5.74, 6) is 1.82. The second-order valence-corrected chi connectivity index (χ2v) is 6.23. The number of ether oxygens (including phenoxy) is 3. The van der Waals surface area contributed by atoms with E-state index in [1.807, 2.05) is 39.0 Å². The normalized spacial score (nSPS) is 15.4. The van der Waals surface area contributed by atoms with E-state index in [-0.39, 0.29) is 6.09 Å². The molecule has 1 aliphatic heterocycles. The molecule has 1 heterocycles. The summed E-state index contributed by atoms with van der Waals surface area (Å²) in [5.41, 5.74) is 0.660. The van der Waals surface area contributed by atoms with E-state index in [0.29, 0.717) is 19.0 Å². The highest BCUT2D eigenvalue weighted by Gasteiger charge is 2.34. The zero-order valence-electron chi connectivity index (χ0n) is 13.3. The van der Waals surface area contributed by atoms with Gasteiger partial charge in [-0.15, -0.1) is 0 Å². The Balaban J connectivity index is 1.99. The number of hydrogen-bond acceptors (Lipinski definition) is 4. The molecule has 0 unspecified atom stereocenters. The van der Waals surface area contributed by atoms with Crippen LogP contribution in [0.3, 0.4) is 0 Å². The summed E-state index contributed by atoms with van der Waals surface area (Å²) >= 11 is 0. The standard InChI is InChI=1S/C16H23NO4/c1-16(2,3)21-15(18)17-9-12(10-17)11-6-13(19-4)8-14(7-11)20-5/h6-8,12H,9-10H2,1-5H3. The first kappa shape index (κ1) is 15.5. The van der Waals surface area contributed by atoms with Gasteiger partial charge in [0.15, 0.2) is 0 Å². The Morgan fingerprint density at radius 3 is 2.05 bits per heavy atom. The number of carbonyl (C=O) groups excluding carboxylic acids is 1. The van der Waals surface area contributed by atoms with Gasteiger partial charge in [0.2, 0.25) is 0 Å². The van der Waals surface area contributed by atoms with Crippen molar-refractivity contribution in [3.8, 4) is 11.5 Å². The molecule has 0 bridgehead atoms. The van der Waals surface area contributed by atoms with Gasteiger partial charge in [0, 0.05) is 25.1 Å². The van der Waals surface area contributed by atoms with Crippen molar-refractivity contribution in [1.82, 2.24) is 4.90 Å². The van der Waals surface area contributed by atoms with Gasteiger partial charge in [-0.05, 0) is 38.5 Å². The molecule has 116 valence electrons. The Bertz CT molecular complexity index is 493. The minimum Gasteiger partial charge on any atom is -0.497 e. The van der Waals surface area contributed by atoms with E-state index in [0.717, 1.165) is 17.1 Å². The molecule has 1 fully saturated rings. The van der Waals surface area contributed by atoms with Gasteiger partial charge >= 0.3 is 6.09 Å². The molecule has 5 nitrogen and oxygen atoms in total. The Labute approximate surface area is 125 Å². The van der Waals surface area contributed by atoms with Crippen molar-refractivity contribution >= 4 is 6.09 Å². The number of methoxy groups -OCH3 is 2. The third-order valence-electron chi connectivity index (χ3n) is 3.38. The van der Waals surface area contributed by atoms with Crippen LogP contribution in [-0.4, -0.2) is 43.9 Å². The maximum absolute atomic E-state index is 11.9. The Hall–Kier alpha value is -1.91. The quantitative estimate of drug-likeness (QED) is 0.859. The smallest absolute Gasteiger partial charge is 0.410 e. The first-order valence-electron chi connectivity index (χ1n) is 7.03. The van der Waals surface area contributed by atoms with E-state index < -0.39 is 5.60 Å². The van der Waals surface area contributed by atoms with E-state index in [4.69, 9.17) is 14.2 Å². The molecule has 0 spiro atoms. The van der Waals surface area contributed by atoms with Crippen molar-refractivity contribution in [3.05, 3.63) is 23.8 Å². The summed E-state index contributed by atoms with van der Waals surface area (Å²) in [6.45, 7) is 6.93. The fourth-order valence-corrected chi connectivity index (χ4v) is 2.23. The molecule has 5 heteroatoms. The minimum atomic E-state index is -0.457. The van der Waals surface area contributed by atoms with E-state index in [1.54, 1.807) is 19.1 Å². The molecule has 21 heavy (non-hydrogen) atoms. The number of nitrogens with zero attached hydrogens (tertiary/aromatic N) is 1. The van der Waals surface area contributed by atoms with E-state index in [9.17, 15) is 4.79 Å². The predicted molar refractivity (Wildman–Crippen MR) is 80.1 cm³/mol. The van der Waals surface area contributed by atoms with Crippen molar-refractivity contribution in [3.63, 3.8) is 0 Å². The lowest BCUT2D eigenvalue weighted by Gasteiger charge is -2.40. The second-order valence-electron chi connectivity index (χ2n) is 6.23. The van der Waals surface area contributed by atoms with Crippen LogP contribution in [-0.2, 0) is 4.74 Å². The summed E-state index contributed by atoms with van der Waals surface area (Å²) in [7, 11) is 3.26. The molecule has 1 aliphatic rings. The third kappa shape index (κ3) is 3.80. The van der Waals surface area contributed by atoms with Gasteiger partial charge in [-0.25, -0.2) is 4.79 Å². The zero-order valence-corrected chi connectivity index (χ0v) is 13.3. The number of rotatable bonds is 3. The van der Waals surface area contributed by atoms with Crippen LogP contribution < -0.4 is 9.47 Å². The maximum atomic E-state index is 11.9. The summed E-state index contributed by atoms with van der Waals surface area (Å²) in [6, 6.07) is 5.81. The first-order valence-corrected chi connectivity index (χ1v) is 7.03. The van der Waals surface area contributed by atoms with Gasteiger partial charge in [0.25, 0.3) is 0 Å². The Morgan fingerprint density at radius 2 is 1.62 bits per heavy atom. The minimum absolute atomic E-state index is 0.256. The van der Waals surface area contributed by atoms with Crippen LogP contribution in [0.15, 0.2) is 18.2 Å². The molecule has 0 saturated carbocycles. The van der Waals surface area contributed by atoms with Crippen molar-refractivity contribution in [2.24, 2.45) is 0 Å². The van der Waals surface area contributed by atoms with E-state index >= 15 is 0 Å². The van der Waals surface area contributed by atoms with Crippen molar-refractivity contribution in [2.45, 2.75) is 32.3 Å². The largest absolute Gasteiger partial charge is 0.497 e. The van der Waals surface area contributed by atoms with Crippen molar-refractivity contribution in [1.29, 1.82) is 0 Å². The van der Waals surface area contributed by atoms with Crippen LogP contribution in [0.2, 0.25) is 0 Å². The SMILES string of the molecule is COc1cc(OC)cc(C2CN(C(=O)OC(C)(C)C)C2)c1. The molecule has 0 atom stereocenters. The highest BCUT2D eigenvalue weighted by atomic mass is 16.6. The number of likely N-dealkylation sites (tertiary alicyclic amines) is 1. The predicted octanol–water partition coefficient (Wildman–Crippen LogP) is 3.04. The van der Waals surface area contributed by atoms with Gasteiger partial charge in [-0.3, -0.25) is 0 Å². The summed E-state index contributed by atoms with van der Waals surface area (Å²) in [5, 5.41) is 0. The Morgan fingerprint density at radius 1 is 1.10 bits per heavy atom. The van der Waals surface area contributed by atoms with E-state index in [1.165, 1.54) is 0 Å². The lowest BCUT2D eigenvalue weighted by molar-refractivity contribution is 0.00818. The van der Waals surface area contributed by atoms with Crippen LogP contribution >= 0.6 is 0 Å². The molecular formula is C16H23NO4. The average molecular weight is 293 g/mol. The van der Waals surface area contributed by atoms with E-state index in [2.05, 4.69) is 0 Å². The van der Waals surface area contributed by atoms with Gasteiger partial charge in [0.05, 0.1) is 14.2 Å². The molecular weight excluding hydrogens is 270 g/mol. The fraction of sp³-hybridized carbons (Fsp3) is 0.562. The Kier molecular flexibility index (Phi) is 4.30. The number of benzene rings is 1. The third-order valence-corrected chi connectivity index (χ3v) is 3.38. The summed E-state index contributed by atoms with van der Waals surface area (Å²) in [6.07, 6.45) is -0.256. The summed E-state index contributed by atoms with van der Waals surface area (Å²) < 4.78 is 15.9. The molecule has 0 N–H and O–H groups in total. The summed E-state index contributed by atoms with van der Waals surface area (Å²) in [4.78, 5) is 13.6. The molecule has 1 aromatic carbocycles. The van der Waals surface area contributed by atoms with Crippen LogP contribution in [0.4, 0.5) is 4.79 Å². The van der Waals surface area contributed by atoms with Crippen molar-refractivity contribution in [2.75, 3.05) is 27.3 Å². The zero-order chi connectivity index (χ0) is 15.6. The average Bonchev–Trinajstić information content (AvgIpc) is 2.34. The highest BCUT2D eigenvalue weighted by Crippen LogP contribution is 2.33. The number of amides is 1. The van der Waals surface area contributed by atoms with Crippen LogP contribution in [0.5, 0.6) is 11.5 Å². The van der Waals surface area contributed by atoms with Gasteiger partial charge in [-0.2, -0.15) is 0 Å². The molecule has 1 saturated heterocycles. The molecule has 0 aromatic heterocycles. The second kappa shape index (κ2) is 5.84.